The molecule has 0 spiro atoms. The zero-order chi connectivity index (χ0) is 16.8. The van der Waals surface area contributed by atoms with Gasteiger partial charge in [0.05, 0.1) is 22.4 Å². The third-order valence-corrected chi connectivity index (χ3v) is 3.13. The smallest absolute Gasteiger partial charge is 0.336 e. The number of nitro groups is 1. The monoisotopic (exact) mass is 318 g/mol. The first-order valence-corrected chi connectivity index (χ1v) is 6.74. The summed E-state index contributed by atoms with van der Waals surface area (Å²) in [6.07, 6.45) is 5.73. The number of benzene rings is 1. The molecule has 0 atom stereocenters. The molecule has 2 rings (SSSR count). The maximum atomic E-state index is 12.0. The second-order valence-electron chi connectivity index (χ2n) is 4.70. The van der Waals surface area contributed by atoms with E-state index >= 15 is 0 Å². The summed E-state index contributed by atoms with van der Waals surface area (Å²) < 4.78 is 1.85. The minimum atomic E-state index is -1.39. The highest BCUT2D eigenvalue weighted by Gasteiger charge is 2.20. The van der Waals surface area contributed by atoms with E-state index < -0.39 is 22.4 Å². The maximum absolute atomic E-state index is 12.0. The number of aromatic nitrogens is 2. The second-order valence-corrected chi connectivity index (χ2v) is 4.70. The van der Waals surface area contributed by atoms with Crippen molar-refractivity contribution in [1.82, 2.24) is 14.9 Å². The molecule has 9 nitrogen and oxygen atoms in total. The molecule has 0 saturated carbocycles. The zero-order valence-electron chi connectivity index (χ0n) is 12.0. The fraction of sp³-hybridized carbons (Fsp3) is 0.214. The fourth-order valence-electron chi connectivity index (χ4n) is 2.00. The lowest BCUT2D eigenvalue weighted by Gasteiger charge is -2.08. The van der Waals surface area contributed by atoms with Gasteiger partial charge in [-0.2, -0.15) is 0 Å². The number of aryl methyl sites for hydroxylation is 1. The summed E-state index contributed by atoms with van der Waals surface area (Å²) in [7, 11) is 0. The second kappa shape index (κ2) is 7.16. The molecule has 0 unspecified atom stereocenters. The third kappa shape index (κ3) is 4.13. The summed E-state index contributed by atoms with van der Waals surface area (Å²) in [6, 6.07) is 3.13. The van der Waals surface area contributed by atoms with Gasteiger partial charge in [0.2, 0.25) is 0 Å². The van der Waals surface area contributed by atoms with Crippen molar-refractivity contribution in [1.29, 1.82) is 0 Å². The van der Waals surface area contributed by atoms with Gasteiger partial charge in [0, 0.05) is 37.6 Å². The van der Waals surface area contributed by atoms with Gasteiger partial charge in [-0.05, 0) is 12.5 Å². The largest absolute Gasteiger partial charge is 0.478 e. The van der Waals surface area contributed by atoms with Gasteiger partial charge in [0.25, 0.3) is 11.6 Å². The molecular weight excluding hydrogens is 304 g/mol. The number of nitrogens with zero attached hydrogens (tertiary/aromatic N) is 3. The van der Waals surface area contributed by atoms with Crippen molar-refractivity contribution in [2.45, 2.75) is 13.0 Å². The SMILES string of the molecule is O=C(O)c1cc([N+](=O)[O-])ccc1C(=O)NCCCn1ccnc1. The molecule has 2 N–H and O–H groups in total. The minimum Gasteiger partial charge on any atom is -0.478 e. The summed E-state index contributed by atoms with van der Waals surface area (Å²) in [5, 5.41) is 22.4. The van der Waals surface area contributed by atoms with Crippen molar-refractivity contribution in [2.75, 3.05) is 6.54 Å². The lowest BCUT2D eigenvalue weighted by molar-refractivity contribution is -0.384. The van der Waals surface area contributed by atoms with Crippen LogP contribution < -0.4 is 5.32 Å². The molecule has 0 aliphatic heterocycles. The van der Waals surface area contributed by atoms with Crippen LogP contribution >= 0.6 is 0 Å². The number of carboxylic acid groups (broad SMARTS) is 1. The van der Waals surface area contributed by atoms with Crippen molar-refractivity contribution in [3.8, 4) is 0 Å². The number of hydrogen-bond acceptors (Lipinski definition) is 5. The Kier molecular flexibility index (Phi) is 5.03. The van der Waals surface area contributed by atoms with Crippen molar-refractivity contribution < 1.29 is 19.6 Å². The molecule has 1 aromatic carbocycles. The van der Waals surface area contributed by atoms with Crippen molar-refractivity contribution in [2.24, 2.45) is 0 Å². The first kappa shape index (κ1) is 16.1. The van der Waals surface area contributed by atoms with E-state index in [2.05, 4.69) is 10.3 Å². The van der Waals surface area contributed by atoms with Crippen LogP contribution in [0.3, 0.4) is 0 Å². The van der Waals surface area contributed by atoms with E-state index in [4.69, 9.17) is 5.11 Å². The highest BCUT2D eigenvalue weighted by molar-refractivity contribution is 6.05. The number of imidazole rings is 1. The van der Waals surface area contributed by atoms with E-state index in [9.17, 15) is 19.7 Å². The summed E-state index contributed by atoms with van der Waals surface area (Å²) >= 11 is 0. The molecule has 1 heterocycles. The van der Waals surface area contributed by atoms with E-state index in [1.807, 2.05) is 4.57 Å². The van der Waals surface area contributed by atoms with Crippen LogP contribution in [0.1, 0.15) is 27.1 Å². The van der Waals surface area contributed by atoms with E-state index in [1.54, 1.807) is 18.7 Å². The van der Waals surface area contributed by atoms with E-state index in [1.165, 1.54) is 0 Å². The Morgan fingerprint density at radius 3 is 2.74 bits per heavy atom. The average Bonchev–Trinajstić information content (AvgIpc) is 3.04. The average molecular weight is 318 g/mol. The molecule has 0 fully saturated rings. The lowest BCUT2D eigenvalue weighted by Crippen LogP contribution is -2.27. The van der Waals surface area contributed by atoms with Crippen LogP contribution in [0.5, 0.6) is 0 Å². The van der Waals surface area contributed by atoms with Gasteiger partial charge in [-0.3, -0.25) is 14.9 Å². The van der Waals surface area contributed by atoms with Gasteiger partial charge in [-0.25, -0.2) is 9.78 Å². The molecule has 2 aromatic rings. The number of carbonyl (C=O) groups is 2. The molecule has 0 aliphatic rings. The van der Waals surface area contributed by atoms with Gasteiger partial charge < -0.3 is 15.0 Å². The summed E-state index contributed by atoms with van der Waals surface area (Å²) in [5.41, 5.74) is -0.879. The van der Waals surface area contributed by atoms with Gasteiger partial charge in [-0.15, -0.1) is 0 Å². The van der Waals surface area contributed by atoms with Crippen LogP contribution in [0.4, 0.5) is 5.69 Å². The van der Waals surface area contributed by atoms with Crippen LogP contribution in [0.2, 0.25) is 0 Å². The molecule has 0 saturated heterocycles. The van der Waals surface area contributed by atoms with Crippen molar-refractivity contribution in [3.05, 3.63) is 58.2 Å². The van der Waals surface area contributed by atoms with Gasteiger partial charge in [0.1, 0.15) is 0 Å². The molecule has 1 amide bonds. The first-order valence-electron chi connectivity index (χ1n) is 6.74. The Bertz CT molecular complexity index is 727. The van der Waals surface area contributed by atoms with E-state index in [0.29, 0.717) is 19.5 Å². The van der Waals surface area contributed by atoms with Crippen LogP contribution in [0, 0.1) is 10.1 Å². The topological polar surface area (TPSA) is 127 Å². The minimum absolute atomic E-state index is 0.106. The molecular formula is C14H14N4O5. The van der Waals surface area contributed by atoms with Gasteiger partial charge >= 0.3 is 5.97 Å². The van der Waals surface area contributed by atoms with E-state index in [0.717, 1.165) is 18.2 Å². The van der Waals surface area contributed by atoms with Crippen LogP contribution in [-0.2, 0) is 6.54 Å². The third-order valence-electron chi connectivity index (χ3n) is 3.13. The predicted molar refractivity (Wildman–Crippen MR) is 79.2 cm³/mol. The Hall–Kier alpha value is -3.23. The highest BCUT2D eigenvalue weighted by atomic mass is 16.6. The Labute approximate surface area is 130 Å². The maximum Gasteiger partial charge on any atom is 0.336 e. The van der Waals surface area contributed by atoms with Gasteiger partial charge in [-0.1, -0.05) is 0 Å². The molecule has 9 heteroatoms. The number of carboxylic acids is 1. The van der Waals surface area contributed by atoms with Crippen molar-refractivity contribution >= 4 is 17.6 Å². The number of rotatable bonds is 7. The van der Waals surface area contributed by atoms with Gasteiger partial charge in [0.15, 0.2) is 0 Å². The normalized spacial score (nSPS) is 10.3. The number of aromatic carboxylic acids is 1. The lowest BCUT2D eigenvalue weighted by atomic mass is 10.1. The van der Waals surface area contributed by atoms with Crippen LogP contribution in [0.15, 0.2) is 36.9 Å². The number of nitro benzene ring substituents is 1. The first-order chi connectivity index (χ1) is 11.0. The standard InChI is InChI=1S/C14H14N4O5/c19-13(16-4-1-6-17-7-5-15-9-17)11-3-2-10(18(22)23)8-12(11)14(20)21/h2-3,5,7-9H,1,4,6H2,(H,16,19)(H,20,21). The number of carbonyl (C=O) groups excluding carboxylic acids is 1. The molecule has 0 aliphatic carbocycles. The number of non-ortho nitro benzene ring substituents is 1. The van der Waals surface area contributed by atoms with E-state index in [-0.39, 0.29) is 11.3 Å². The Morgan fingerprint density at radius 2 is 2.13 bits per heavy atom. The summed E-state index contributed by atoms with van der Waals surface area (Å²) in [6.45, 7) is 0.999. The Morgan fingerprint density at radius 1 is 1.35 bits per heavy atom. The molecule has 0 radical (unpaired) electrons. The van der Waals surface area contributed by atoms with Crippen LogP contribution in [0.25, 0.3) is 0 Å². The van der Waals surface area contributed by atoms with Crippen molar-refractivity contribution in [3.63, 3.8) is 0 Å². The highest BCUT2D eigenvalue weighted by Crippen LogP contribution is 2.18. The molecule has 0 bridgehead atoms. The summed E-state index contributed by atoms with van der Waals surface area (Å²) in [4.78, 5) is 37.1. The number of hydrogen-bond donors (Lipinski definition) is 2. The summed E-state index contributed by atoms with van der Waals surface area (Å²) in [5.74, 6) is -1.97. The predicted octanol–water partition coefficient (Wildman–Crippen LogP) is 1.31. The number of amides is 1. The molecule has 23 heavy (non-hydrogen) atoms. The van der Waals surface area contributed by atoms with Crippen LogP contribution in [-0.4, -0.2) is 38.0 Å². The molecule has 1 aromatic heterocycles. The quantitative estimate of drug-likeness (QED) is 0.450. The number of nitrogens with one attached hydrogen (secondary N) is 1. The zero-order valence-corrected chi connectivity index (χ0v) is 12.0. The fourth-order valence-corrected chi connectivity index (χ4v) is 2.00. The molecule has 120 valence electrons. The Balaban J connectivity index is 2.00.